The summed E-state index contributed by atoms with van der Waals surface area (Å²) in [7, 11) is 0. The van der Waals surface area contributed by atoms with Gasteiger partial charge in [-0.1, -0.05) is 38.1 Å². The number of carbonyl (C=O) groups is 5. The number of aliphatic hydroxyl groups excluding tert-OH is 2. The van der Waals surface area contributed by atoms with Gasteiger partial charge in [0.2, 0.25) is 5.91 Å². The minimum absolute atomic E-state index is 0. The molecule has 2 radical (unpaired) electrons. The number of hydrogen-bond acceptors (Lipinski definition) is 13. The molecule has 1 aromatic carbocycles. The molecule has 2 saturated carbocycles. The van der Waals surface area contributed by atoms with Gasteiger partial charge >= 0.3 is 17.9 Å². The fourth-order valence-corrected chi connectivity index (χ4v) is 8.78. The summed E-state index contributed by atoms with van der Waals surface area (Å²) in [6.45, 7) is 11.9. The fraction of sp³-hybridized carbons (Fsp3) is 0.605. The number of hydrogen-bond donors (Lipinski definition) is 5. The number of amides is 1. The third kappa shape index (κ3) is 8.14. The molecule has 14 nitrogen and oxygen atoms in total. The Balaban J connectivity index is 0.00000392. The Morgan fingerprint density at radius 2 is 1.70 bits per heavy atom. The molecular formula is C38H49Ac2NO13. The first-order valence-electron chi connectivity index (χ1n) is 17.5. The van der Waals surface area contributed by atoms with Gasteiger partial charge in [0.25, 0.3) is 0 Å². The van der Waals surface area contributed by atoms with E-state index in [1.54, 1.807) is 32.0 Å². The summed E-state index contributed by atoms with van der Waals surface area (Å²) in [6, 6.07) is 6.82. The molecule has 3 aliphatic carbocycles. The number of rotatable bonds is 10. The van der Waals surface area contributed by atoms with E-state index in [1.165, 1.54) is 45.9 Å². The maximum absolute atomic E-state index is 15.0. The van der Waals surface area contributed by atoms with Crippen LogP contribution in [0, 0.1) is 105 Å². The van der Waals surface area contributed by atoms with E-state index in [9.17, 15) is 44.4 Å². The molecule has 54 heavy (non-hydrogen) atoms. The van der Waals surface area contributed by atoms with E-state index in [0.29, 0.717) is 0 Å². The van der Waals surface area contributed by atoms with Crippen molar-refractivity contribution in [2.24, 2.45) is 16.7 Å². The van der Waals surface area contributed by atoms with Crippen LogP contribution in [0.1, 0.15) is 77.6 Å². The first kappa shape index (κ1) is 47.3. The first-order chi connectivity index (χ1) is 24.2. The van der Waals surface area contributed by atoms with Gasteiger partial charge in [0.1, 0.15) is 35.6 Å². The number of nitrogens with one attached hydrogen (secondary N) is 1. The summed E-state index contributed by atoms with van der Waals surface area (Å²) >= 11 is 0. The zero-order valence-corrected chi connectivity index (χ0v) is 40.9. The summed E-state index contributed by atoms with van der Waals surface area (Å²) in [5, 5.41) is 50.9. The number of allylic oxidation sites excluding steroid dienone is 1. The Morgan fingerprint density at radius 1 is 1.07 bits per heavy atom. The van der Waals surface area contributed by atoms with Crippen LogP contribution in [-0.2, 0) is 38.1 Å². The predicted octanol–water partition coefficient (Wildman–Crippen LogP) is 1.46. The van der Waals surface area contributed by atoms with Crippen LogP contribution in [0.5, 0.6) is 0 Å². The molecule has 5 N–H and O–H groups in total. The Morgan fingerprint density at radius 3 is 2.26 bits per heavy atom. The fourth-order valence-electron chi connectivity index (χ4n) is 8.78. The number of Topliss-reactive ketones (excluding diaryl/α,β-unsaturated/α-hetero) is 1. The Hall–Kier alpha value is -1.07. The molecule has 11 atom stereocenters. The summed E-state index contributed by atoms with van der Waals surface area (Å²) in [5.41, 5.74) is -7.54. The third-order valence-electron chi connectivity index (χ3n) is 11.8. The smallest absolute Gasteiger partial charge is 0.338 e. The van der Waals surface area contributed by atoms with Crippen LogP contribution in [0.3, 0.4) is 0 Å². The standard InChI is InChI=1S/C38H49NO13.2Ac/c1-8-9-15-26(41)51-24-16-25-37(47,18-49-25)30-32(52-33(45)22-13-11-10-12-14-22)38(48)17-23(50-34(46)28(42)20(3)39-21(4)40)19(2)27(35(38,5)6)29(43)31(44)36(24,30)7;;/h8,10-14,20,23-25,28-30,32,42-43,47-48H,1,9,15-18H2,2-7H3,(H,39,40);;/t20-,23?,24?,25?,28?,29?,30?,32?,36+,37?,38?;;/m0../s1. The van der Waals surface area contributed by atoms with E-state index in [2.05, 4.69) is 11.9 Å². The minimum atomic E-state index is -2.30. The van der Waals surface area contributed by atoms with Crippen LogP contribution in [0.25, 0.3) is 0 Å². The van der Waals surface area contributed by atoms with Gasteiger partial charge in [-0.15, -0.1) is 6.58 Å². The van der Waals surface area contributed by atoms with Gasteiger partial charge in [-0.05, 0) is 50.5 Å². The zero-order valence-electron chi connectivity index (χ0n) is 31.4. The van der Waals surface area contributed by atoms with Gasteiger partial charge in [0.15, 0.2) is 11.9 Å². The van der Waals surface area contributed by atoms with Crippen LogP contribution in [-0.4, -0.2) is 110 Å². The molecule has 290 valence electrons. The average Bonchev–Trinajstić information content (AvgIpc) is 3.08. The molecule has 9 unspecified atom stereocenters. The Labute approximate surface area is 386 Å². The second kappa shape index (κ2) is 17.8. The summed E-state index contributed by atoms with van der Waals surface area (Å²) in [6.07, 6.45) is -8.16. The van der Waals surface area contributed by atoms with E-state index < -0.39 is 107 Å². The van der Waals surface area contributed by atoms with E-state index in [1.807, 2.05) is 0 Å². The van der Waals surface area contributed by atoms with Crippen molar-refractivity contribution < 1.29 is 151 Å². The molecule has 0 aromatic heterocycles. The molecule has 1 saturated heterocycles. The Bertz CT molecular complexity index is 1670. The molecule has 1 aromatic rings. The molecular weight excluding hydrogens is 1130 g/mol. The molecule has 3 fully saturated rings. The average molecular weight is 1180 g/mol. The van der Waals surface area contributed by atoms with Crippen LogP contribution in [0.2, 0.25) is 0 Å². The van der Waals surface area contributed by atoms with Crippen molar-refractivity contribution in [3.05, 3.63) is 59.7 Å². The second-order valence-corrected chi connectivity index (χ2v) is 15.3. The maximum Gasteiger partial charge on any atom is 0.338 e. The number of esters is 3. The third-order valence-corrected chi connectivity index (χ3v) is 11.8. The summed E-state index contributed by atoms with van der Waals surface area (Å²) in [5.74, 6) is -5.67. The van der Waals surface area contributed by atoms with Gasteiger partial charge in [-0.3, -0.25) is 14.4 Å². The summed E-state index contributed by atoms with van der Waals surface area (Å²) < 4.78 is 23.7. The van der Waals surface area contributed by atoms with Crippen LogP contribution >= 0.6 is 0 Å². The quantitative estimate of drug-likeness (QED) is 0.128. The van der Waals surface area contributed by atoms with Crippen molar-refractivity contribution in [2.75, 3.05) is 6.61 Å². The number of carbonyl (C=O) groups excluding carboxylic acids is 5. The van der Waals surface area contributed by atoms with Crippen LogP contribution in [0.4, 0.5) is 0 Å². The first-order valence-corrected chi connectivity index (χ1v) is 17.5. The van der Waals surface area contributed by atoms with E-state index in [4.69, 9.17) is 18.9 Å². The van der Waals surface area contributed by atoms with E-state index in [-0.39, 0.29) is 131 Å². The van der Waals surface area contributed by atoms with Crippen molar-refractivity contribution in [3.63, 3.8) is 0 Å². The van der Waals surface area contributed by atoms with E-state index >= 15 is 0 Å². The van der Waals surface area contributed by atoms with Crippen LogP contribution < -0.4 is 5.32 Å². The topological polar surface area (TPSA) is 215 Å². The molecule has 1 amide bonds. The molecule has 0 spiro atoms. The second-order valence-electron chi connectivity index (χ2n) is 15.3. The zero-order chi connectivity index (χ0) is 38.6. The van der Waals surface area contributed by atoms with Gasteiger partial charge in [-0.25, -0.2) is 9.59 Å². The normalized spacial score (nSPS) is 34.6. The molecule has 5 rings (SSSR count). The van der Waals surface area contributed by atoms with Crippen LogP contribution in [0.15, 0.2) is 54.1 Å². The SMILES string of the molecule is C=CCCC(=O)OC1CC2OCC2(O)C2C(OC(=O)c3ccccc3)C3(O)CC(OC(=O)C(O)[C@H](C)NC(C)=O)C(C)=C(C(O)C(=O)[C@]12C)C3(C)C.[Ac].[Ac]. The molecule has 16 heteroatoms. The number of benzene rings is 1. The summed E-state index contributed by atoms with van der Waals surface area (Å²) in [4.78, 5) is 67.0. The molecule has 4 aliphatic rings. The number of ketones is 1. The van der Waals surface area contributed by atoms with Crippen molar-refractivity contribution in [1.82, 2.24) is 5.32 Å². The van der Waals surface area contributed by atoms with Gasteiger partial charge < -0.3 is 44.7 Å². The largest absolute Gasteiger partial charge is 0.461 e. The van der Waals surface area contributed by atoms with E-state index in [0.717, 1.165) is 0 Å². The van der Waals surface area contributed by atoms with Crippen molar-refractivity contribution in [2.45, 2.75) is 121 Å². The molecule has 1 aliphatic heterocycles. The monoisotopic (exact) mass is 1180 g/mol. The van der Waals surface area contributed by atoms with Gasteiger partial charge in [0.05, 0.1) is 29.7 Å². The van der Waals surface area contributed by atoms with Gasteiger partial charge in [-0.2, -0.15) is 0 Å². The maximum atomic E-state index is 15.0. The minimum Gasteiger partial charge on any atom is -0.461 e. The Kier molecular flexibility index (Phi) is 15.6. The molecule has 2 bridgehead atoms. The number of fused-ring (bicyclic) bond motifs is 5. The van der Waals surface area contributed by atoms with Crippen molar-refractivity contribution >= 4 is 29.6 Å². The van der Waals surface area contributed by atoms with Crippen molar-refractivity contribution in [1.29, 1.82) is 0 Å². The number of ether oxygens (including phenoxy) is 4. The molecule has 1 heterocycles. The van der Waals surface area contributed by atoms with Crippen molar-refractivity contribution in [3.8, 4) is 0 Å². The number of aliphatic hydroxyl groups is 4. The predicted molar refractivity (Wildman–Crippen MR) is 182 cm³/mol. The van der Waals surface area contributed by atoms with Gasteiger partial charge in [0, 0.05) is 126 Å².